The van der Waals surface area contributed by atoms with Gasteiger partial charge in [0.25, 0.3) is 0 Å². The van der Waals surface area contributed by atoms with Gasteiger partial charge in [-0.25, -0.2) is 12.7 Å². The Hall–Kier alpha value is -0.0900. The largest absolute Gasteiger partial charge is 0.216 e. The van der Waals surface area contributed by atoms with Crippen LogP contribution in [0.2, 0.25) is 0 Å². The molecule has 1 aliphatic heterocycles. The molecule has 0 amide bonds. The lowest BCUT2D eigenvalue weighted by Gasteiger charge is -2.34. The Morgan fingerprint density at radius 1 is 1.00 bits per heavy atom. The van der Waals surface area contributed by atoms with Gasteiger partial charge in [0.15, 0.2) is 0 Å². The fourth-order valence-electron chi connectivity index (χ4n) is 2.95. The number of rotatable bonds is 2. The smallest absolute Gasteiger partial charge is 0.212 e. The molecule has 1 saturated carbocycles. The second-order valence-corrected chi connectivity index (χ2v) is 7.62. The van der Waals surface area contributed by atoms with Crippen LogP contribution in [0.4, 0.5) is 0 Å². The van der Waals surface area contributed by atoms with Crippen molar-refractivity contribution in [3.63, 3.8) is 0 Å². The van der Waals surface area contributed by atoms with Crippen LogP contribution in [-0.2, 0) is 10.0 Å². The maximum absolute atomic E-state index is 12.4. The third-order valence-corrected chi connectivity index (χ3v) is 6.32. The predicted octanol–water partition coefficient (Wildman–Crippen LogP) is 2.38. The summed E-state index contributed by atoms with van der Waals surface area (Å²) < 4.78 is 26.6. The second kappa shape index (κ2) is 5.05. The van der Waals surface area contributed by atoms with Crippen LogP contribution in [0.5, 0.6) is 0 Å². The maximum Gasteiger partial charge on any atom is 0.216 e. The van der Waals surface area contributed by atoms with Gasteiger partial charge in [0.05, 0.1) is 5.25 Å². The van der Waals surface area contributed by atoms with Gasteiger partial charge in [-0.3, -0.25) is 0 Å². The zero-order valence-electron chi connectivity index (χ0n) is 10.2. The van der Waals surface area contributed by atoms with Gasteiger partial charge in [-0.2, -0.15) is 0 Å². The Labute approximate surface area is 99.3 Å². The Bertz CT molecular complexity index is 320. The molecule has 0 N–H and O–H groups in total. The van der Waals surface area contributed by atoms with Gasteiger partial charge in [-0.1, -0.05) is 26.2 Å². The molecule has 4 heteroatoms. The van der Waals surface area contributed by atoms with E-state index in [9.17, 15) is 8.42 Å². The highest BCUT2D eigenvalue weighted by molar-refractivity contribution is 7.89. The minimum absolute atomic E-state index is 0.0773. The Morgan fingerprint density at radius 3 is 2.31 bits per heavy atom. The predicted molar refractivity (Wildman–Crippen MR) is 65.8 cm³/mol. The highest BCUT2D eigenvalue weighted by Crippen LogP contribution is 2.28. The fraction of sp³-hybridized carbons (Fsp3) is 1.00. The topological polar surface area (TPSA) is 37.4 Å². The first-order valence-electron chi connectivity index (χ1n) is 6.59. The van der Waals surface area contributed by atoms with Crippen LogP contribution in [0.1, 0.15) is 51.9 Å². The van der Waals surface area contributed by atoms with Crippen molar-refractivity contribution in [2.24, 2.45) is 5.92 Å². The van der Waals surface area contributed by atoms with Gasteiger partial charge in [-0.15, -0.1) is 0 Å². The van der Waals surface area contributed by atoms with Crippen LogP contribution < -0.4 is 0 Å². The molecule has 0 unspecified atom stereocenters. The average Bonchev–Trinajstić information content (AvgIpc) is 2.30. The number of piperidine rings is 1. The summed E-state index contributed by atoms with van der Waals surface area (Å²) in [5.41, 5.74) is 0. The van der Waals surface area contributed by atoms with Gasteiger partial charge in [0.1, 0.15) is 0 Å². The van der Waals surface area contributed by atoms with E-state index < -0.39 is 10.0 Å². The number of hydrogen-bond acceptors (Lipinski definition) is 2. The van der Waals surface area contributed by atoms with Crippen molar-refractivity contribution in [3.8, 4) is 0 Å². The molecular formula is C12H23NO2S. The molecule has 0 bridgehead atoms. The Morgan fingerprint density at radius 2 is 1.69 bits per heavy atom. The first-order valence-corrected chi connectivity index (χ1v) is 8.10. The van der Waals surface area contributed by atoms with Crippen molar-refractivity contribution < 1.29 is 8.42 Å². The van der Waals surface area contributed by atoms with E-state index in [1.807, 2.05) is 0 Å². The third-order valence-electron chi connectivity index (χ3n) is 3.95. The average molecular weight is 245 g/mol. The van der Waals surface area contributed by atoms with Gasteiger partial charge in [0, 0.05) is 13.1 Å². The summed E-state index contributed by atoms with van der Waals surface area (Å²) in [6.07, 6.45) is 7.37. The Balaban J connectivity index is 2.05. The van der Waals surface area contributed by atoms with E-state index in [2.05, 4.69) is 6.92 Å². The van der Waals surface area contributed by atoms with Gasteiger partial charge >= 0.3 is 0 Å². The van der Waals surface area contributed by atoms with E-state index in [-0.39, 0.29) is 5.25 Å². The summed E-state index contributed by atoms with van der Waals surface area (Å²) in [5, 5.41) is -0.0773. The van der Waals surface area contributed by atoms with Crippen LogP contribution >= 0.6 is 0 Å². The lowest BCUT2D eigenvalue weighted by molar-refractivity contribution is 0.275. The summed E-state index contributed by atoms with van der Waals surface area (Å²) in [5.74, 6) is 0.534. The minimum Gasteiger partial charge on any atom is -0.212 e. The van der Waals surface area contributed by atoms with E-state index in [0.717, 1.165) is 45.2 Å². The van der Waals surface area contributed by atoms with E-state index in [4.69, 9.17) is 0 Å². The normalized spacial score (nSPS) is 30.4. The molecule has 1 heterocycles. The molecule has 16 heavy (non-hydrogen) atoms. The van der Waals surface area contributed by atoms with Gasteiger partial charge in [-0.05, 0) is 31.6 Å². The zero-order chi connectivity index (χ0) is 11.6. The molecule has 94 valence electrons. The standard InChI is InChI=1S/C12H23NO2S/c1-11-6-5-9-13(10-11)16(14,15)12-7-3-2-4-8-12/h11-12H,2-10H2,1H3/t11-/m0/s1. The molecule has 1 saturated heterocycles. The second-order valence-electron chi connectivity index (χ2n) is 5.41. The van der Waals surface area contributed by atoms with Crippen molar-refractivity contribution in [1.29, 1.82) is 0 Å². The molecule has 2 aliphatic rings. The van der Waals surface area contributed by atoms with E-state index in [1.165, 1.54) is 12.8 Å². The molecule has 2 fully saturated rings. The SMILES string of the molecule is C[C@H]1CCCN(S(=O)(=O)C2CCCCC2)C1. The molecule has 2 rings (SSSR count). The van der Waals surface area contributed by atoms with Crippen LogP contribution in [0.15, 0.2) is 0 Å². The monoisotopic (exact) mass is 245 g/mol. The molecule has 0 aromatic carbocycles. The lowest BCUT2D eigenvalue weighted by Crippen LogP contribution is -2.44. The minimum atomic E-state index is -2.98. The van der Waals surface area contributed by atoms with Crippen LogP contribution in [0, 0.1) is 5.92 Å². The van der Waals surface area contributed by atoms with Crippen molar-refractivity contribution in [3.05, 3.63) is 0 Å². The zero-order valence-corrected chi connectivity index (χ0v) is 11.0. The number of sulfonamides is 1. The summed E-state index contributed by atoms with van der Waals surface area (Å²) in [6.45, 7) is 3.66. The highest BCUT2D eigenvalue weighted by Gasteiger charge is 2.34. The van der Waals surface area contributed by atoms with Crippen molar-refractivity contribution >= 4 is 10.0 Å². The van der Waals surface area contributed by atoms with E-state index in [0.29, 0.717) is 5.92 Å². The quantitative estimate of drug-likeness (QED) is 0.749. The molecule has 1 atom stereocenters. The van der Waals surface area contributed by atoms with E-state index >= 15 is 0 Å². The van der Waals surface area contributed by atoms with Crippen LogP contribution in [-0.4, -0.2) is 31.1 Å². The number of nitrogens with zero attached hydrogens (tertiary/aromatic N) is 1. The molecule has 0 aromatic rings. The molecule has 0 aromatic heterocycles. The van der Waals surface area contributed by atoms with Gasteiger partial charge in [0.2, 0.25) is 10.0 Å². The summed E-state index contributed by atoms with van der Waals surface area (Å²) >= 11 is 0. The first-order chi connectivity index (χ1) is 7.60. The number of hydrogen-bond donors (Lipinski definition) is 0. The van der Waals surface area contributed by atoms with E-state index in [1.54, 1.807) is 4.31 Å². The lowest BCUT2D eigenvalue weighted by atomic mass is 10.0. The van der Waals surface area contributed by atoms with Crippen molar-refractivity contribution in [2.45, 2.75) is 57.1 Å². The summed E-state index contributed by atoms with van der Waals surface area (Å²) in [6, 6.07) is 0. The third kappa shape index (κ3) is 2.59. The molecule has 1 aliphatic carbocycles. The van der Waals surface area contributed by atoms with Crippen molar-refractivity contribution in [1.82, 2.24) is 4.31 Å². The van der Waals surface area contributed by atoms with Crippen LogP contribution in [0.3, 0.4) is 0 Å². The Kier molecular flexibility index (Phi) is 3.90. The molecule has 0 radical (unpaired) electrons. The molecular weight excluding hydrogens is 222 g/mol. The molecule has 3 nitrogen and oxygen atoms in total. The first kappa shape index (κ1) is 12.4. The highest BCUT2D eigenvalue weighted by atomic mass is 32.2. The van der Waals surface area contributed by atoms with Crippen LogP contribution in [0.25, 0.3) is 0 Å². The maximum atomic E-state index is 12.4. The fourth-order valence-corrected chi connectivity index (χ4v) is 5.15. The van der Waals surface area contributed by atoms with Crippen molar-refractivity contribution in [2.75, 3.05) is 13.1 Å². The van der Waals surface area contributed by atoms with Gasteiger partial charge < -0.3 is 0 Å². The summed E-state index contributed by atoms with van der Waals surface area (Å²) in [4.78, 5) is 0. The summed E-state index contributed by atoms with van der Waals surface area (Å²) in [7, 11) is -2.98. The molecule has 0 spiro atoms.